The molecule has 0 unspecified atom stereocenters. The minimum atomic E-state index is 0.820. The van der Waals surface area contributed by atoms with Crippen molar-refractivity contribution >= 4 is 5.84 Å². The number of aromatic nitrogens is 2. The third-order valence-electron chi connectivity index (χ3n) is 1.95. The molecule has 2 rings (SSSR count). The van der Waals surface area contributed by atoms with Crippen LogP contribution in [-0.2, 0) is 6.42 Å². The maximum atomic E-state index is 4.37. The minimum absolute atomic E-state index is 0.820. The van der Waals surface area contributed by atoms with Crippen molar-refractivity contribution in [1.82, 2.24) is 15.3 Å². The standard InChI is InChI=1S/C9H12N4/c1-2-12-9(13-3-1)4-8-5-10-7-11-6-8/h5-7H,1-4H2,(H,12,13). The van der Waals surface area contributed by atoms with Crippen molar-refractivity contribution in [2.24, 2.45) is 4.99 Å². The van der Waals surface area contributed by atoms with Crippen LogP contribution in [0.3, 0.4) is 0 Å². The van der Waals surface area contributed by atoms with E-state index in [1.54, 1.807) is 6.33 Å². The average molecular weight is 176 g/mol. The maximum Gasteiger partial charge on any atom is 0.115 e. The molecule has 0 fully saturated rings. The quantitative estimate of drug-likeness (QED) is 0.710. The second-order valence-electron chi connectivity index (χ2n) is 3.03. The molecule has 0 atom stereocenters. The van der Waals surface area contributed by atoms with Crippen molar-refractivity contribution < 1.29 is 0 Å². The zero-order valence-corrected chi connectivity index (χ0v) is 7.40. The number of rotatable bonds is 2. The van der Waals surface area contributed by atoms with Crippen molar-refractivity contribution in [3.8, 4) is 0 Å². The zero-order chi connectivity index (χ0) is 8.93. The van der Waals surface area contributed by atoms with Gasteiger partial charge in [-0.15, -0.1) is 0 Å². The van der Waals surface area contributed by atoms with Crippen molar-refractivity contribution in [2.45, 2.75) is 12.8 Å². The van der Waals surface area contributed by atoms with E-state index in [1.807, 2.05) is 12.4 Å². The third-order valence-corrected chi connectivity index (χ3v) is 1.95. The molecule has 1 N–H and O–H groups in total. The molecule has 13 heavy (non-hydrogen) atoms. The first kappa shape index (κ1) is 8.16. The van der Waals surface area contributed by atoms with Gasteiger partial charge in [0.25, 0.3) is 0 Å². The largest absolute Gasteiger partial charge is 0.373 e. The molecule has 0 aliphatic carbocycles. The molecule has 0 amide bonds. The SMILES string of the molecule is c1ncc(CC2=NCCCN2)cn1. The number of hydrogen-bond acceptors (Lipinski definition) is 4. The molecule has 0 spiro atoms. The van der Waals surface area contributed by atoms with E-state index in [0.717, 1.165) is 37.3 Å². The Labute approximate surface area is 77.1 Å². The molecule has 2 heterocycles. The molecule has 0 aromatic carbocycles. The van der Waals surface area contributed by atoms with Crippen LogP contribution >= 0.6 is 0 Å². The lowest BCUT2D eigenvalue weighted by molar-refractivity contribution is 0.731. The van der Waals surface area contributed by atoms with Crippen LogP contribution in [0.1, 0.15) is 12.0 Å². The predicted octanol–water partition coefficient (Wildman–Crippen LogP) is 0.411. The Morgan fingerprint density at radius 3 is 2.85 bits per heavy atom. The Bertz CT molecular complexity index is 294. The van der Waals surface area contributed by atoms with Gasteiger partial charge in [0.2, 0.25) is 0 Å². The number of aliphatic imine (C=N–C) groups is 1. The van der Waals surface area contributed by atoms with E-state index >= 15 is 0 Å². The van der Waals surface area contributed by atoms with Crippen LogP contribution in [0.25, 0.3) is 0 Å². The smallest absolute Gasteiger partial charge is 0.115 e. The summed E-state index contributed by atoms with van der Waals surface area (Å²) < 4.78 is 0. The van der Waals surface area contributed by atoms with Gasteiger partial charge >= 0.3 is 0 Å². The van der Waals surface area contributed by atoms with Crippen LogP contribution in [0.15, 0.2) is 23.7 Å². The van der Waals surface area contributed by atoms with Crippen LogP contribution in [0, 0.1) is 0 Å². The fraction of sp³-hybridized carbons (Fsp3) is 0.444. The molecule has 68 valence electrons. The molecule has 0 bridgehead atoms. The summed E-state index contributed by atoms with van der Waals surface area (Å²) in [5.41, 5.74) is 1.11. The van der Waals surface area contributed by atoms with E-state index < -0.39 is 0 Å². The van der Waals surface area contributed by atoms with E-state index in [0.29, 0.717) is 0 Å². The lowest BCUT2D eigenvalue weighted by Gasteiger charge is -2.13. The molecule has 1 aromatic heterocycles. The van der Waals surface area contributed by atoms with Gasteiger partial charge in [0.05, 0.1) is 0 Å². The normalized spacial score (nSPS) is 16.2. The van der Waals surface area contributed by atoms with E-state index in [1.165, 1.54) is 0 Å². The minimum Gasteiger partial charge on any atom is -0.373 e. The lowest BCUT2D eigenvalue weighted by Crippen LogP contribution is -2.30. The van der Waals surface area contributed by atoms with Crippen LogP contribution < -0.4 is 5.32 Å². The highest BCUT2D eigenvalue weighted by molar-refractivity contribution is 5.84. The predicted molar refractivity (Wildman–Crippen MR) is 50.7 cm³/mol. The molecule has 4 nitrogen and oxygen atoms in total. The van der Waals surface area contributed by atoms with Gasteiger partial charge in [-0.05, 0) is 12.0 Å². The summed E-state index contributed by atoms with van der Waals surface area (Å²) in [6.45, 7) is 1.97. The van der Waals surface area contributed by atoms with E-state index in [2.05, 4.69) is 20.3 Å². The molecular formula is C9H12N4. The van der Waals surface area contributed by atoms with Crippen molar-refractivity contribution in [3.05, 3.63) is 24.3 Å². The summed E-state index contributed by atoms with van der Waals surface area (Å²) in [6, 6.07) is 0. The number of nitrogens with zero attached hydrogens (tertiary/aromatic N) is 3. The Morgan fingerprint density at radius 2 is 2.15 bits per heavy atom. The molecule has 0 radical (unpaired) electrons. The highest BCUT2D eigenvalue weighted by Crippen LogP contribution is 1.98. The molecule has 4 heteroatoms. The number of amidine groups is 1. The first-order valence-electron chi connectivity index (χ1n) is 4.46. The van der Waals surface area contributed by atoms with E-state index in [4.69, 9.17) is 0 Å². The van der Waals surface area contributed by atoms with E-state index in [-0.39, 0.29) is 0 Å². The van der Waals surface area contributed by atoms with Crippen LogP contribution in [-0.4, -0.2) is 28.9 Å². The Hall–Kier alpha value is -1.45. The van der Waals surface area contributed by atoms with Gasteiger partial charge in [-0.2, -0.15) is 0 Å². The maximum absolute atomic E-state index is 4.37. The molecule has 1 aromatic rings. The van der Waals surface area contributed by atoms with Crippen molar-refractivity contribution in [2.75, 3.05) is 13.1 Å². The summed E-state index contributed by atoms with van der Waals surface area (Å²) in [5.74, 6) is 1.06. The Kier molecular flexibility index (Phi) is 2.50. The Morgan fingerprint density at radius 1 is 1.31 bits per heavy atom. The number of nitrogens with one attached hydrogen (secondary N) is 1. The fourth-order valence-electron chi connectivity index (χ4n) is 1.31. The third kappa shape index (κ3) is 2.24. The summed E-state index contributed by atoms with van der Waals surface area (Å²) in [5, 5.41) is 3.26. The molecule has 0 saturated heterocycles. The summed E-state index contributed by atoms with van der Waals surface area (Å²) >= 11 is 0. The van der Waals surface area contributed by atoms with Gasteiger partial charge < -0.3 is 5.32 Å². The summed E-state index contributed by atoms with van der Waals surface area (Å²) in [7, 11) is 0. The van der Waals surface area contributed by atoms with Gasteiger partial charge in [0.15, 0.2) is 0 Å². The van der Waals surface area contributed by atoms with Crippen molar-refractivity contribution in [3.63, 3.8) is 0 Å². The topological polar surface area (TPSA) is 50.2 Å². The molecular weight excluding hydrogens is 164 g/mol. The van der Waals surface area contributed by atoms with Crippen LogP contribution in [0.4, 0.5) is 0 Å². The number of hydrogen-bond donors (Lipinski definition) is 1. The molecule has 1 aliphatic rings. The highest BCUT2D eigenvalue weighted by Gasteiger charge is 2.04. The summed E-state index contributed by atoms with van der Waals surface area (Å²) in [4.78, 5) is 12.3. The Balaban J connectivity index is 2.01. The van der Waals surface area contributed by atoms with Crippen LogP contribution in [0.2, 0.25) is 0 Å². The summed E-state index contributed by atoms with van der Waals surface area (Å²) in [6.07, 6.45) is 7.15. The average Bonchev–Trinajstić information content (AvgIpc) is 2.21. The van der Waals surface area contributed by atoms with Crippen LogP contribution in [0.5, 0.6) is 0 Å². The lowest BCUT2D eigenvalue weighted by atomic mass is 10.2. The first-order chi connectivity index (χ1) is 6.45. The van der Waals surface area contributed by atoms with Crippen molar-refractivity contribution in [1.29, 1.82) is 0 Å². The highest BCUT2D eigenvalue weighted by atomic mass is 15.0. The second kappa shape index (κ2) is 3.98. The van der Waals surface area contributed by atoms with E-state index in [9.17, 15) is 0 Å². The van der Waals surface area contributed by atoms with Gasteiger partial charge in [-0.3, -0.25) is 4.99 Å². The first-order valence-corrected chi connectivity index (χ1v) is 4.46. The van der Waals surface area contributed by atoms with Gasteiger partial charge in [-0.25, -0.2) is 9.97 Å². The molecule has 1 aliphatic heterocycles. The monoisotopic (exact) mass is 176 g/mol. The molecule has 0 saturated carbocycles. The van der Waals surface area contributed by atoms with Gasteiger partial charge in [0.1, 0.15) is 12.2 Å². The van der Waals surface area contributed by atoms with Gasteiger partial charge in [-0.1, -0.05) is 0 Å². The second-order valence-corrected chi connectivity index (χ2v) is 3.03. The zero-order valence-electron chi connectivity index (χ0n) is 7.40. The van der Waals surface area contributed by atoms with Gasteiger partial charge in [0, 0.05) is 31.9 Å². The fourth-order valence-corrected chi connectivity index (χ4v) is 1.31.